The second-order valence-corrected chi connectivity index (χ2v) is 5.20. The largest absolute Gasteiger partial charge is 0.368 e. The van der Waals surface area contributed by atoms with Crippen molar-refractivity contribution in [1.29, 1.82) is 0 Å². The summed E-state index contributed by atoms with van der Waals surface area (Å²) in [4.78, 5) is 15.2. The minimum Gasteiger partial charge on any atom is -0.368 e. The van der Waals surface area contributed by atoms with Gasteiger partial charge in [0.15, 0.2) is 5.82 Å². The maximum Gasteiger partial charge on any atom is 0.222 e. The van der Waals surface area contributed by atoms with Gasteiger partial charge in [0, 0.05) is 12.1 Å². The molecule has 0 bridgehead atoms. The van der Waals surface area contributed by atoms with Crippen molar-refractivity contribution >= 4 is 42.8 Å². The van der Waals surface area contributed by atoms with Crippen molar-refractivity contribution in [1.82, 2.24) is 14.9 Å². The number of fused-ring (bicyclic) bond motifs is 1. The third kappa shape index (κ3) is 3.55. The topological polar surface area (TPSA) is 96.7 Å². The highest BCUT2D eigenvalue weighted by atomic mass is 35.5. The zero-order chi connectivity index (χ0) is 13.4. The number of nitrogen functional groups attached to an aromatic ring is 1. The Hall–Kier alpha value is -1.15. The van der Waals surface area contributed by atoms with Gasteiger partial charge in [0.1, 0.15) is 6.67 Å². The van der Waals surface area contributed by atoms with Crippen LogP contribution in [0.5, 0.6) is 0 Å². The lowest BCUT2D eigenvalue weighted by Gasteiger charge is -2.31. The monoisotopic (exact) mass is 333 g/mol. The molecule has 7 nitrogen and oxygen atoms in total. The predicted molar refractivity (Wildman–Crippen MR) is 89.5 cm³/mol. The molecule has 4 N–H and O–H groups in total. The molecule has 1 fully saturated rings. The van der Waals surface area contributed by atoms with Gasteiger partial charge < -0.3 is 10.6 Å². The number of nitrogens with zero attached hydrogens (tertiary/aromatic N) is 5. The molecule has 2 aliphatic rings. The fraction of sp³-hybridized carbons (Fsp3) is 0.583. The number of aliphatic imine (C=N–C) groups is 1. The maximum absolute atomic E-state index is 5.90. The van der Waals surface area contributed by atoms with Crippen LogP contribution in [0.15, 0.2) is 4.99 Å². The third-order valence-corrected chi connectivity index (χ3v) is 3.80. The molecule has 0 radical (unpaired) electrons. The molecular formula is C12H21Cl2N7. The van der Waals surface area contributed by atoms with E-state index in [1.165, 1.54) is 5.01 Å². The first-order valence-corrected chi connectivity index (χ1v) is 6.53. The van der Waals surface area contributed by atoms with E-state index in [2.05, 4.69) is 26.9 Å². The Morgan fingerprint density at radius 1 is 1.19 bits per heavy atom. The molecule has 1 aromatic rings. The van der Waals surface area contributed by atoms with Crippen LogP contribution < -0.4 is 16.6 Å². The summed E-state index contributed by atoms with van der Waals surface area (Å²) in [6.07, 6.45) is 3.99. The average molecular weight is 334 g/mol. The van der Waals surface area contributed by atoms with E-state index in [9.17, 15) is 0 Å². The van der Waals surface area contributed by atoms with Gasteiger partial charge in [-0.1, -0.05) is 0 Å². The molecule has 0 atom stereocenters. The van der Waals surface area contributed by atoms with Crippen LogP contribution in [-0.4, -0.2) is 47.9 Å². The summed E-state index contributed by atoms with van der Waals surface area (Å²) >= 11 is 0. The Morgan fingerprint density at radius 3 is 2.52 bits per heavy atom. The molecular weight excluding hydrogens is 313 g/mol. The molecule has 21 heavy (non-hydrogen) atoms. The van der Waals surface area contributed by atoms with Gasteiger partial charge in [-0.05, 0) is 33.0 Å². The molecule has 0 spiro atoms. The minimum absolute atomic E-state index is 0. The summed E-state index contributed by atoms with van der Waals surface area (Å²) in [5.74, 6) is 7.29. The van der Waals surface area contributed by atoms with Gasteiger partial charge in [0.05, 0.1) is 11.3 Å². The molecule has 118 valence electrons. The fourth-order valence-electron chi connectivity index (χ4n) is 2.72. The van der Waals surface area contributed by atoms with E-state index in [0.29, 0.717) is 24.4 Å². The third-order valence-electron chi connectivity index (χ3n) is 3.80. The standard InChI is InChI=1S/C12H19N7.2ClH/c1-18-4-2-8(3-5-18)10-9-6-15-7-19(14)11(9)17-12(13)16-10;;/h6,8H,2-5,7,14H2,1H3,(H2,13,16,17);2*1H. The smallest absolute Gasteiger partial charge is 0.222 e. The predicted octanol–water partition coefficient (Wildman–Crippen LogP) is 0.782. The van der Waals surface area contributed by atoms with Gasteiger partial charge in [-0.15, -0.1) is 24.8 Å². The summed E-state index contributed by atoms with van der Waals surface area (Å²) in [5, 5.41) is 1.52. The average Bonchev–Trinajstić information content (AvgIpc) is 2.40. The highest BCUT2D eigenvalue weighted by molar-refractivity contribution is 5.90. The highest BCUT2D eigenvalue weighted by Crippen LogP contribution is 2.32. The van der Waals surface area contributed by atoms with Crippen molar-refractivity contribution in [2.45, 2.75) is 18.8 Å². The van der Waals surface area contributed by atoms with Crippen LogP contribution in [0, 0.1) is 0 Å². The fourth-order valence-corrected chi connectivity index (χ4v) is 2.72. The van der Waals surface area contributed by atoms with E-state index in [4.69, 9.17) is 11.6 Å². The minimum atomic E-state index is 0. The Balaban J connectivity index is 0.00000110. The van der Waals surface area contributed by atoms with Crippen LogP contribution in [0.3, 0.4) is 0 Å². The molecule has 0 aliphatic carbocycles. The SMILES string of the molecule is CN1CCC(c2nc(N)nc3c2C=NCN3N)CC1.Cl.Cl. The number of rotatable bonds is 1. The molecule has 0 amide bonds. The normalized spacial score (nSPS) is 18.7. The van der Waals surface area contributed by atoms with E-state index < -0.39 is 0 Å². The van der Waals surface area contributed by atoms with Crippen LogP contribution >= 0.6 is 24.8 Å². The molecule has 9 heteroatoms. The number of aromatic nitrogens is 2. The van der Waals surface area contributed by atoms with E-state index in [1.54, 1.807) is 0 Å². The zero-order valence-electron chi connectivity index (χ0n) is 11.9. The quantitative estimate of drug-likeness (QED) is 0.737. The summed E-state index contributed by atoms with van der Waals surface area (Å²) < 4.78 is 0. The van der Waals surface area contributed by atoms with Crippen LogP contribution in [0.25, 0.3) is 0 Å². The van der Waals surface area contributed by atoms with Crippen LogP contribution in [0.1, 0.15) is 30.0 Å². The number of likely N-dealkylation sites (tertiary alicyclic amines) is 1. The van der Waals surface area contributed by atoms with Gasteiger partial charge in [-0.3, -0.25) is 10.0 Å². The number of piperidine rings is 1. The molecule has 1 aromatic heterocycles. The zero-order valence-corrected chi connectivity index (χ0v) is 13.5. The number of anilines is 2. The first kappa shape index (κ1) is 17.9. The summed E-state index contributed by atoms with van der Waals surface area (Å²) in [6, 6.07) is 0. The number of hydrogen-bond donors (Lipinski definition) is 2. The van der Waals surface area contributed by atoms with Gasteiger partial charge in [0.2, 0.25) is 5.95 Å². The van der Waals surface area contributed by atoms with Gasteiger partial charge >= 0.3 is 0 Å². The maximum atomic E-state index is 5.90. The van der Waals surface area contributed by atoms with Crippen molar-refractivity contribution in [2.75, 3.05) is 37.5 Å². The Morgan fingerprint density at radius 2 is 1.86 bits per heavy atom. The lowest BCUT2D eigenvalue weighted by molar-refractivity contribution is 0.253. The van der Waals surface area contributed by atoms with Crippen LogP contribution in [-0.2, 0) is 0 Å². The number of hydrazine groups is 1. The molecule has 0 saturated carbocycles. The van der Waals surface area contributed by atoms with Crippen molar-refractivity contribution in [2.24, 2.45) is 10.8 Å². The number of nitrogens with two attached hydrogens (primary N) is 2. The molecule has 1 saturated heterocycles. The Bertz CT molecular complexity index is 515. The number of halogens is 2. The first-order chi connectivity index (χ1) is 9.15. The molecule has 0 aromatic carbocycles. The van der Waals surface area contributed by atoms with E-state index >= 15 is 0 Å². The Labute approximate surface area is 136 Å². The summed E-state index contributed by atoms with van der Waals surface area (Å²) in [7, 11) is 2.14. The van der Waals surface area contributed by atoms with Gasteiger partial charge in [0.25, 0.3) is 0 Å². The second-order valence-electron chi connectivity index (χ2n) is 5.20. The summed E-state index contributed by atoms with van der Waals surface area (Å²) in [6.45, 7) is 2.57. The van der Waals surface area contributed by atoms with E-state index in [-0.39, 0.29) is 24.8 Å². The van der Waals surface area contributed by atoms with Crippen LogP contribution in [0.2, 0.25) is 0 Å². The molecule has 3 heterocycles. The van der Waals surface area contributed by atoms with Crippen LogP contribution in [0.4, 0.5) is 11.8 Å². The lowest BCUT2D eigenvalue weighted by Crippen LogP contribution is -2.36. The van der Waals surface area contributed by atoms with Crippen molar-refractivity contribution in [3.05, 3.63) is 11.3 Å². The van der Waals surface area contributed by atoms with Gasteiger partial charge in [-0.25, -0.2) is 10.8 Å². The second kappa shape index (κ2) is 7.22. The van der Waals surface area contributed by atoms with Crippen molar-refractivity contribution < 1.29 is 0 Å². The highest BCUT2D eigenvalue weighted by Gasteiger charge is 2.26. The molecule has 3 rings (SSSR count). The van der Waals surface area contributed by atoms with Gasteiger partial charge in [-0.2, -0.15) is 4.98 Å². The molecule has 2 aliphatic heterocycles. The van der Waals surface area contributed by atoms with E-state index in [1.807, 2.05) is 6.21 Å². The summed E-state index contributed by atoms with van der Waals surface area (Å²) in [5.41, 5.74) is 7.74. The molecule has 0 unspecified atom stereocenters. The van der Waals surface area contributed by atoms with E-state index in [0.717, 1.165) is 37.2 Å². The van der Waals surface area contributed by atoms with Crippen molar-refractivity contribution in [3.63, 3.8) is 0 Å². The number of hydrogen-bond acceptors (Lipinski definition) is 7. The Kier molecular flexibility index (Phi) is 6.15. The first-order valence-electron chi connectivity index (χ1n) is 6.53. The lowest BCUT2D eigenvalue weighted by atomic mass is 9.90. The van der Waals surface area contributed by atoms with Crippen molar-refractivity contribution in [3.8, 4) is 0 Å².